The van der Waals surface area contributed by atoms with Crippen molar-refractivity contribution >= 4 is 28.5 Å². The van der Waals surface area contributed by atoms with Crippen molar-refractivity contribution in [1.82, 2.24) is 4.72 Å². The Morgan fingerprint density at radius 2 is 1.79 bits per heavy atom. The van der Waals surface area contributed by atoms with E-state index in [1.165, 1.54) is 12.1 Å². The summed E-state index contributed by atoms with van der Waals surface area (Å²) in [6, 6.07) is 11.6. The number of benzene rings is 2. The van der Waals surface area contributed by atoms with Crippen LogP contribution in [0.5, 0.6) is 0 Å². The summed E-state index contributed by atoms with van der Waals surface area (Å²) in [4.78, 5) is 4.29. The number of aliphatic hydroxyl groups is 2. The van der Waals surface area contributed by atoms with E-state index in [9.17, 15) is 23.0 Å². The number of hydrogen-bond acceptors (Lipinski definition) is 6. The molecule has 2 aromatic carbocycles. The van der Waals surface area contributed by atoms with E-state index < -0.39 is 38.3 Å². The fourth-order valence-corrected chi connectivity index (χ4v) is 5.64. The first-order valence-electron chi connectivity index (χ1n) is 10.3. The Hall–Kier alpha value is -2.20. The van der Waals surface area contributed by atoms with Crippen LogP contribution in [0.2, 0.25) is 0 Å². The Labute approximate surface area is 200 Å². The zero-order valence-electron chi connectivity index (χ0n) is 18.9. The number of nitrogens with zero attached hydrogens (tertiary/aromatic N) is 1. The zero-order valence-corrected chi connectivity index (χ0v) is 20.6. The Kier molecular flexibility index (Phi) is 8.17. The van der Waals surface area contributed by atoms with E-state index in [4.69, 9.17) is 4.74 Å². The molecular formula is C23H30ClFN2O5S. The summed E-state index contributed by atoms with van der Waals surface area (Å²) < 4.78 is 48.9. The molecule has 2 atom stereocenters. The third kappa shape index (κ3) is 6.03. The predicted octanol–water partition coefficient (Wildman–Crippen LogP) is 3.72. The molecule has 0 aliphatic carbocycles. The molecule has 0 saturated carbocycles. The molecule has 182 valence electrons. The number of halogens is 2. The molecule has 0 aromatic heterocycles. The lowest BCUT2D eigenvalue weighted by Crippen LogP contribution is -2.53. The molecule has 7 nitrogen and oxygen atoms in total. The van der Waals surface area contributed by atoms with Crippen LogP contribution in [0.3, 0.4) is 0 Å². The monoisotopic (exact) mass is 500 g/mol. The molecule has 0 bridgehead atoms. The first-order valence-corrected chi connectivity index (χ1v) is 11.9. The zero-order chi connectivity index (χ0) is 23.7. The van der Waals surface area contributed by atoms with Crippen LogP contribution >= 0.6 is 12.4 Å². The van der Waals surface area contributed by atoms with E-state index in [1.54, 1.807) is 64.1 Å². The highest BCUT2D eigenvalue weighted by Crippen LogP contribution is 2.39. The molecule has 0 amide bonds. The van der Waals surface area contributed by atoms with Gasteiger partial charge in [0.15, 0.2) is 0 Å². The second-order valence-electron chi connectivity index (χ2n) is 8.90. The van der Waals surface area contributed by atoms with E-state index in [0.717, 1.165) is 0 Å². The highest BCUT2D eigenvalue weighted by atomic mass is 35.5. The average Bonchev–Trinajstić information content (AvgIpc) is 2.66. The van der Waals surface area contributed by atoms with Crippen LogP contribution in [0.15, 0.2) is 53.5 Å². The van der Waals surface area contributed by atoms with Gasteiger partial charge in [0.05, 0.1) is 11.6 Å². The van der Waals surface area contributed by atoms with Gasteiger partial charge in [-0.25, -0.2) is 22.5 Å². The smallest absolute Gasteiger partial charge is 0.299 e. The topological polar surface area (TPSA) is 108 Å². The van der Waals surface area contributed by atoms with Gasteiger partial charge < -0.3 is 14.9 Å². The van der Waals surface area contributed by atoms with E-state index in [0.29, 0.717) is 11.1 Å². The van der Waals surface area contributed by atoms with Crippen molar-refractivity contribution < 1.29 is 27.8 Å². The van der Waals surface area contributed by atoms with Crippen LogP contribution in [-0.2, 0) is 20.4 Å². The molecule has 0 radical (unpaired) electrons. The molecule has 1 unspecified atom stereocenters. The summed E-state index contributed by atoms with van der Waals surface area (Å²) >= 11 is 0. The second-order valence-corrected chi connectivity index (χ2v) is 10.7. The van der Waals surface area contributed by atoms with Crippen molar-refractivity contribution in [3.8, 4) is 0 Å². The minimum Gasteiger partial charge on any atom is -0.457 e. The number of ether oxygens (including phenoxy) is 1. The molecule has 33 heavy (non-hydrogen) atoms. The fraction of sp³-hybridized carbons (Fsp3) is 0.435. The molecule has 1 heterocycles. The highest BCUT2D eigenvalue weighted by Gasteiger charge is 2.48. The van der Waals surface area contributed by atoms with Gasteiger partial charge in [-0.3, -0.25) is 0 Å². The van der Waals surface area contributed by atoms with Crippen molar-refractivity contribution in [2.45, 2.75) is 56.6 Å². The quantitative estimate of drug-likeness (QED) is 0.560. The van der Waals surface area contributed by atoms with E-state index >= 15 is 0 Å². The maximum absolute atomic E-state index is 14.3. The largest absolute Gasteiger partial charge is 0.457 e. The number of nitrogens with one attached hydrogen (secondary N) is 1. The lowest BCUT2D eigenvalue weighted by Gasteiger charge is -2.39. The number of aliphatic imine (C=N–C) groups is 1. The third-order valence-electron chi connectivity index (χ3n) is 5.39. The summed E-state index contributed by atoms with van der Waals surface area (Å²) in [6.07, 6.45) is 0.0950. The van der Waals surface area contributed by atoms with Crippen molar-refractivity contribution in [3.05, 3.63) is 71.0 Å². The van der Waals surface area contributed by atoms with Crippen LogP contribution in [0.1, 0.15) is 62.1 Å². The summed E-state index contributed by atoms with van der Waals surface area (Å²) in [5.74, 6) is -0.502. The third-order valence-corrected chi connectivity index (χ3v) is 7.31. The summed E-state index contributed by atoms with van der Waals surface area (Å²) in [5, 5.41) is 18.5. The number of amidine groups is 1. The minimum absolute atomic E-state index is 0. The first-order chi connectivity index (χ1) is 14.8. The minimum atomic E-state index is -3.96. The van der Waals surface area contributed by atoms with Gasteiger partial charge in [0, 0.05) is 12.2 Å². The number of aliphatic hydroxyl groups excluding tert-OH is 1. The lowest BCUT2D eigenvalue weighted by molar-refractivity contribution is 0.0754. The van der Waals surface area contributed by atoms with Gasteiger partial charge >= 0.3 is 0 Å². The Balaban J connectivity index is 0.00000385. The van der Waals surface area contributed by atoms with Gasteiger partial charge in [0.25, 0.3) is 6.02 Å². The molecule has 1 aliphatic rings. The summed E-state index contributed by atoms with van der Waals surface area (Å²) in [6.45, 7) is 6.31. The van der Waals surface area contributed by atoms with Crippen LogP contribution in [0.4, 0.5) is 4.39 Å². The molecule has 3 N–H and O–H groups in total. The van der Waals surface area contributed by atoms with Crippen LogP contribution < -0.4 is 4.72 Å². The van der Waals surface area contributed by atoms with E-state index in [2.05, 4.69) is 9.71 Å². The molecule has 1 fully saturated rings. The van der Waals surface area contributed by atoms with E-state index in [1.807, 2.05) is 0 Å². The van der Waals surface area contributed by atoms with Gasteiger partial charge in [-0.1, -0.05) is 42.5 Å². The lowest BCUT2D eigenvalue weighted by atomic mass is 9.93. The normalized spacial score (nSPS) is 21.4. The van der Waals surface area contributed by atoms with Gasteiger partial charge in [-0.15, -0.1) is 12.4 Å². The van der Waals surface area contributed by atoms with Gasteiger partial charge in [-0.05, 0) is 51.3 Å². The molecular weight excluding hydrogens is 471 g/mol. The van der Waals surface area contributed by atoms with E-state index in [-0.39, 0.29) is 37.0 Å². The number of hydrogen-bond donors (Lipinski definition) is 3. The Bertz CT molecular complexity index is 1100. The highest BCUT2D eigenvalue weighted by molar-refractivity contribution is 7.90. The van der Waals surface area contributed by atoms with Crippen LogP contribution in [-0.4, -0.2) is 36.9 Å². The number of rotatable bonds is 6. The Morgan fingerprint density at radius 1 is 1.18 bits per heavy atom. The van der Waals surface area contributed by atoms with Crippen molar-refractivity contribution in [3.63, 3.8) is 0 Å². The molecule has 2 aromatic rings. The standard InChI is InChI=1S/C23H29FN2O5S.ClH/c1-22(2,28)16-11-9-15(10-12-16)20-23(3,4)31-21(26-32(20,29)30)25-19(13-14-27)17-7-5-6-8-18(17)24;/h5-12,19-20,27-28H,13-14H2,1-4H3,(H,25,26);1H/t19-,20?;/m0./s1. The van der Waals surface area contributed by atoms with Crippen LogP contribution in [0.25, 0.3) is 0 Å². The average molecular weight is 501 g/mol. The molecule has 0 spiro atoms. The van der Waals surface area contributed by atoms with Crippen LogP contribution in [0, 0.1) is 5.82 Å². The van der Waals surface area contributed by atoms with Gasteiger partial charge in [-0.2, -0.15) is 0 Å². The SMILES string of the molecule is CC(C)(O)c1ccc(C2C(C)(C)OC(=N[C@@H](CCO)c3ccccc3F)NS2(=O)=O)cc1.Cl. The number of sulfonamides is 1. The van der Waals surface area contributed by atoms with Gasteiger partial charge in [0.2, 0.25) is 10.0 Å². The molecule has 10 heteroatoms. The second kappa shape index (κ2) is 9.97. The van der Waals surface area contributed by atoms with Crippen molar-refractivity contribution in [2.75, 3.05) is 6.61 Å². The Morgan fingerprint density at radius 3 is 2.30 bits per heavy atom. The van der Waals surface area contributed by atoms with Gasteiger partial charge in [0.1, 0.15) is 16.7 Å². The maximum Gasteiger partial charge on any atom is 0.299 e. The fourth-order valence-electron chi connectivity index (χ4n) is 3.88. The first kappa shape index (κ1) is 27.0. The molecule has 3 rings (SSSR count). The molecule has 1 aliphatic heterocycles. The predicted molar refractivity (Wildman–Crippen MR) is 127 cm³/mol. The van der Waals surface area contributed by atoms with Crippen molar-refractivity contribution in [1.29, 1.82) is 0 Å². The summed E-state index contributed by atoms with van der Waals surface area (Å²) in [7, 11) is -3.96. The maximum atomic E-state index is 14.3. The molecule has 1 saturated heterocycles. The summed E-state index contributed by atoms with van der Waals surface area (Å²) in [5.41, 5.74) is -0.865. The van der Waals surface area contributed by atoms with Crippen molar-refractivity contribution in [2.24, 2.45) is 4.99 Å².